The van der Waals surface area contributed by atoms with Crippen molar-refractivity contribution >= 4 is 11.8 Å². The molecule has 32 heavy (non-hydrogen) atoms. The lowest BCUT2D eigenvalue weighted by Crippen LogP contribution is -2.38. The van der Waals surface area contributed by atoms with Crippen LogP contribution in [0.2, 0.25) is 0 Å². The van der Waals surface area contributed by atoms with Crippen LogP contribution in [0.5, 0.6) is 0 Å². The van der Waals surface area contributed by atoms with Gasteiger partial charge in [-0.1, -0.05) is 49.4 Å². The van der Waals surface area contributed by atoms with Gasteiger partial charge in [-0.15, -0.1) is 0 Å². The standard InChI is InChI=1S/C25H27FN4O2/c1-2-11-29-12-13-30(25(32)23-15-27-17-28-23)16-20(24(29)31)14-18-7-9-19(10-8-18)21-5-3-4-6-22(21)26/h3-10,15,17,20H,2,11-14,16H2,1H3,(H,27,28)/t20-/m0/s1. The Balaban J connectivity index is 1.54. The van der Waals surface area contributed by atoms with E-state index in [1.54, 1.807) is 17.0 Å². The number of aromatic amines is 1. The predicted molar refractivity (Wildman–Crippen MR) is 120 cm³/mol. The third kappa shape index (κ3) is 4.72. The topological polar surface area (TPSA) is 69.3 Å². The van der Waals surface area contributed by atoms with Crippen LogP contribution in [0.1, 0.15) is 29.4 Å². The number of imidazole rings is 1. The molecule has 1 N–H and O–H groups in total. The van der Waals surface area contributed by atoms with Crippen LogP contribution < -0.4 is 0 Å². The second kappa shape index (κ2) is 9.77. The molecular weight excluding hydrogens is 407 g/mol. The maximum absolute atomic E-state index is 14.1. The summed E-state index contributed by atoms with van der Waals surface area (Å²) in [5, 5.41) is 0. The molecule has 6 nitrogen and oxygen atoms in total. The fraction of sp³-hybridized carbons (Fsp3) is 0.320. The Morgan fingerprint density at radius 3 is 2.62 bits per heavy atom. The molecule has 1 aliphatic rings. The van der Waals surface area contributed by atoms with Gasteiger partial charge in [0.25, 0.3) is 5.91 Å². The average Bonchev–Trinajstić information content (AvgIpc) is 3.30. The Bertz CT molecular complexity index is 1070. The molecule has 1 fully saturated rings. The molecule has 1 atom stereocenters. The smallest absolute Gasteiger partial charge is 0.271 e. The van der Waals surface area contributed by atoms with Crippen molar-refractivity contribution in [3.05, 3.63) is 78.1 Å². The van der Waals surface area contributed by atoms with E-state index in [0.717, 1.165) is 17.5 Å². The Hall–Kier alpha value is -3.48. The number of nitrogens with one attached hydrogen (secondary N) is 1. The number of hydrogen-bond acceptors (Lipinski definition) is 3. The van der Waals surface area contributed by atoms with E-state index in [-0.39, 0.29) is 23.5 Å². The highest BCUT2D eigenvalue weighted by atomic mass is 19.1. The van der Waals surface area contributed by atoms with Crippen molar-refractivity contribution in [3.8, 4) is 11.1 Å². The summed E-state index contributed by atoms with van der Waals surface area (Å²) >= 11 is 0. The van der Waals surface area contributed by atoms with Crippen molar-refractivity contribution in [2.45, 2.75) is 19.8 Å². The van der Waals surface area contributed by atoms with Gasteiger partial charge < -0.3 is 14.8 Å². The molecule has 2 heterocycles. The number of benzene rings is 2. The lowest BCUT2D eigenvalue weighted by atomic mass is 9.95. The zero-order valence-electron chi connectivity index (χ0n) is 18.1. The van der Waals surface area contributed by atoms with Gasteiger partial charge in [0.05, 0.1) is 18.4 Å². The molecule has 2 amide bonds. The first-order valence-corrected chi connectivity index (χ1v) is 11.0. The molecule has 4 rings (SSSR count). The van der Waals surface area contributed by atoms with Crippen molar-refractivity contribution in [2.75, 3.05) is 26.2 Å². The Labute approximate surface area is 187 Å². The molecule has 2 aromatic carbocycles. The number of halogens is 1. The average molecular weight is 435 g/mol. The van der Waals surface area contributed by atoms with E-state index in [0.29, 0.717) is 43.9 Å². The van der Waals surface area contributed by atoms with E-state index in [9.17, 15) is 14.0 Å². The predicted octanol–water partition coefficient (Wildman–Crippen LogP) is 3.77. The van der Waals surface area contributed by atoms with Gasteiger partial charge in [0, 0.05) is 31.7 Å². The number of rotatable bonds is 6. The van der Waals surface area contributed by atoms with Crippen LogP contribution >= 0.6 is 0 Å². The van der Waals surface area contributed by atoms with Crippen molar-refractivity contribution in [1.29, 1.82) is 0 Å². The maximum Gasteiger partial charge on any atom is 0.271 e. The van der Waals surface area contributed by atoms with Crippen molar-refractivity contribution < 1.29 is 14.0 Å². The third-order valence-corrected chi connectivity index (χ3v) is 5.87. The summed E-state index contributed by atoms with van der Waals surface area (Å²) in [6.45, 7) is 4.09. The molecular formula is C25H27FN4O2. The van der Waals surface area contributed by atoms with Crippen molar-refractivity contribution in [2.24, 2.45) is 5.92 Å². The van der Waals surface area contributed by atoms with Gasteiger partial charge >= 0.3 is 0 Å². The minimum atomic E-state index is -0.338. The zero-order chi connectivity index (χ0) is 22.5. The van der Waals surface area contributed by atoms with Crippen LogP contribution in [0.4, 0.5) is 4.39 Å². The highest BCUT2D eigenvalue weighted by Gasteiger charge is 2.32. The fourth-order valence-electron chi connectivity index (χ4n) is 4.22. The minimum absolute atomic E-state index is 0.0740. The van der Waals surface area contributed by atoms with Gasteiger partial charge in [-0.25, -0.2) is 9.37 Å². The Kier molecular flexibility index (Phi) is 6.63. The Morgan fingerprint density at radius 1 is 1.16 bits per heavy atom. The summed E-state index contributed by atoms with van der Waals surface area (Å²) in [6, 6.07) is 14.3. The number of hydrogen-bond donors (Lipinski definition) is 1. The van der Waals surface area contributed by atoms with E-state index >= 15 is 0 Å². The van der Waals surface area contributed by atoms with Gasteiger partial charge in [-0.05, 0) is 30.0 Å². The van der Waals surface area contributed by atoms with E-state index in [4.69, 9.17) is 0 Å². The van der Waals surface area contributed by atoms with Gasteiger partial charge in [-0.3, -0.25) is 9.59 Å². The summed E-state index contributed by atoms with van der Waals surface area (Å²) in [4.78, 5) is 36.5. The summed E-state index contributed by atoms with van der Waals surface area (Å²) in [6.07, 6.45) is 4.37. The van der Waals surface area contributed by atoms with Crippen LogP contribution in [-0.4, -0.2) is 57.8 Å². The van der Waals surface area contributed by atoms with E-state index in [1.807, 2.05) is 42.2 Å². The Morgan fingerprint density at radius 2 is 1.94 bits per heavy atom. The van der Waals surface area contributed by atoms with Gasteiger partial charge in [0.15, 0.2) is 0 Å². The monoisotopic (exact) mass is 434 g/mol. The number of aromatic nitrogens is 2. The minimum Gasteiger partial charge on any atom is -0.341 e. The molecule has 0 radical (unpaired) electrons. The summed E-state index contributed by atoms with van der Waals surface area (Å²) in [7, 11) is 0. The molecule has 166 valence electrons. The maximum atomic E-state index is 14.1. The molecule has 1 aromatic heterocycles. The normalized spacial score (nSPS) is 16.8. The molecule has 7 heteroatoms. The molecule has 0 unspecified atom stereocenters. The molecule has 0 spiro atoms. The second-order valence-corrected chi connectivity index (χ2v) is 8.12. The molecule has 1 saturated heterocycles. The first-order chi connectivity index (χ1) is 15.6. The SMILES string of the molecule is CCCN1CCN(C(=O)c2cnc[nH]2)C[C@H](Cc2ccc(-c3ccccc3F)cc2)C1=O. The second-order valence-electron chi connectivity index (χ2n) is 8.12. The summed E-state index contributed by atoms with van der Waals surface area (Å²) in [5.74, 6) is -0.670. The highest BCUT2D eigenvalue weighted by molar-refractivity contribution is 5.93. The van der Waals surface area contributed by atoms with E-state index in [2.05, 4.69) is 9.97 Å². The first kappa shape index (κ1) is 21.7. The molecule has 0 bridgehead atoms. The summed E-state index contributed by atoms with van der Waals surface area (Å²) < 4.78 is 14.1. The largest absolute Gasteiger partial charge is 0.341 e. The lowest BCUT2D eigenvalue weighted by Gasteiger charge is -2.23. The number of carbonyl (C=O) groups excluding carboxylic acids is 2. The van der Waals surface area contributed by atoms with Crippen LogP contribution in [0.25, 0.3) is 11.1 Å². The van der Waals surface area contributed by atoms with Gasteiger partial charge in [0.2, 0.25) is 5.91 Å². The fourth-order valence-corrected chi connectivity index (χ4v) is 4.22. The lowest BCUT2D eigenvalue weighted by molar-refractivity contribution is -0.134. The highest BCUT2D eigenvalue weighted by Crippen LogP contribution is 2.24. The van der Waals surface area contributed by atoms with Crippen LogP contribution in [0.3, 0.4) is 0 Å². The molecule has 3 aromatic rings. The van der Waals surface area contributed by atoms with Crippen LogP contribution in [0.15, 0.2) is 61.1 Å². The van der Waals surface area contributed by atoms with Crippen molar-refractivity contribution in [3.63, 3.8) is 0 Å². The summed E-state index contributed by atoms with van der Waals surface area (Å²) in [5.41, 5.74) is 2.75. The number of amides is 2. The van der Waals surface area contributed by atoms with Crippen LogP contribution in [0, 0.1) is 11.7 Å². The molecule has 0 aliphatic carbocycles. The number of H-pyrrole nitrogens is 1. The van der Waals surface area contributed by atoms with Crippen molar-refractivity contribution in [1.82, 2.24) is 19.8 Å². The first-order valence-electron chi connectivity index (χ1n) is 11.0. The molecule has 0 saturated carbocycles. The van der Waals surface area contributed by atoms with E-state index in [1.165, 1.54) is 18.6 Å². The molecule has 1 aliphatic heterocycles. The zero-order valence-corrected chi connectivity index (χ0v) is 18.1. The van der Waals surface area contributed by atoms with Crippen LogP contribution in [-0.2, 0) is 11.2 Å². The van der Waals surface area contributed by atoms with E-state index < -0.39 is 0 Å². The number of nitrogens with zero attached hydrogens (tertiary/aromatic N) is 3. The number of carbonyl (C=O) groups is 2. The van der Waals surface area contributed by atoms with Gasteiger partial charge in [-0.2, -0.15) is 0 Å². The quantitative estimate of drug-likeness (QED) is 0.642. The van der Waals surface area contributed by atoms with Gasteiger partial charge in [0.1, 0.15) is 11.5 Å². The third-order valence-electron chi connectivity index (χ3n) is 5.87.